The van der Waals surface area contributed by atoms with E-state index in [0.717, 1.165) is 11.3 Å². The number of carbonyl (C=O) groups is 2. The molecule has 0 spiro atoms. The summed E-state index contributed by atoms with van der Waals surface area (Å²) in [5.41, 5.74) is 2.32. The van der Waals surface area contributed by atoms with Crippen molar-refractivity contribution in [3.05, 3.63) is 23.8 Å². The second-order valence-corrected chi connectivity index (χ2v) is 3.90. The molecule has 2 amide bonds. The van der Waals surface area contributed by atoms with Crippen molar-refractivity contribution in [1.82, 2.24) is 0 Å². The third kappa shape index (κ3) is 4.55. The molecule has 5 nitrogen and oxygen atoms in total. The molecule has 1 aromatic rings. The fourth-order valence-corrected chi connectivity index (χ4v) is 1.46. The highest BCUT2D eigenvalue weighted by molar-refractivity contribution is 5.93. The molecule has 0 heterocycles. The summed E-state index contributed by atoms with van der Waals surface area (Å²) in [6, 6.07) is 5.30. The van der Waals surface area contributed by atoms with Crippen molar-refractivity contribution < 1.29 is 14.3 Å². The van der Waals surface area contributed by atoms with Gasteiger partial charge >= 0.3 is 0 Å². The molecule has 0 radical (unpaired) electrons. The Bertz CT molecular complexity index is 444. The molecule has 1 aromatic carbocycles. The van der Waals surface area contributed by atoms with Gasteiger partial charge in [0.1, 0.15) is 6.61 Å². The first-order valence-corrected chi connectivity index (χ1v) is 5.78. The highest BCUT2D eigenvalue weighted by Crippen LogP contribution is 2.19. The number of benzene rings is 1. The van der Waals surface area contributed by atoms with Crippen molar-refractivity contribution in [2.75, 3.05) is 23.8 Å². The van der Waals surface area contributed by atoms with Crippen LogP contribution >= 0.6 is 0 Å². The van der Waals surface area contributed by atoms with E-state index in [1.807, 2.05) is 13.8 Å². The van der Waals surface area contributed by atoms with Gasteiger partial charge in [-0.25, -0.2) is 0 Å². The number of hydrogen-bond acceptors (Lipinski definition) is 3. The van der Waals surface area contributed by atoms with Crippen LogP contribution in [-0.4, -0.2) is 25.0 Å². The van der Waals surface area contributed by atoms with Crippen molar-refractivity contribution in [1.29, 1.82) is 0 Å². The molecular formula is C13H18N2O3. The number of rotatable bonds is 5. The molecule has 0 unspecified atom stereocenters. The van der Waals surface area contributed by atoms with Gasteiger partial charge in [-0.1, -0.05) is 0 Å². The van der Waals surface area contributed by atoms with Gasteiger partial charge in [-0.05, 0) is 37.6 Å². The molecule has 98 valence electrons. The minimum absolute atomic E-state index is 0.0446. The average Bonchev–Trinajstić information content (AvgIpc) is 2.29. The molecule has 0 fully saturated rings. The van der Waals surface area contributed by atoms with E-state index in [2.05, 4.69) is 10.6 Å². The van der Waals surface area contributed by atoms with E-state index in [1.54, 1.807) is 18.2 Å². The number of nitrogens with one attached hydrogen (secondary N) is 2. The normalized spacial score (nSPS) is 9.94. The Morgan fingerprint density at radius 2 is 2.00 bits per heavy atom. The van der Waals surface area contributed by atoms with Gasteiger partial charge in [0.15, 0.2) is 0 Å². The Labute approximate surface area is 107 Å². The van der Waals surface area contributed by atoms with Crippen molar-refractivity contribution in [3.63, 3.8) is 0 Å². The molecule has 0 saturated carbocycles. The summed E-state index contributed by atoms with van der Waals surface area (Å²) in [5, 5.41) is 5.43. The zero-order chi connectivity index (χ0) is 13.5. The second-order valence-electron chi connectivity index (χ2n) is 3.90. The topological polar surface area (TPSA) is 67.4 Å². The minimum atomic E-state index is -0.191. The Morgan fingerprint density at radius 3 is 2.56 bits per heavy atom. The fourth-order valence-electron chi connectivity index (χ4n) is 1.46. The largest absolute Gasteiger partial charge is 0.372 e. The Hall–Kier alpha value is -1.88. The van der Waals surface area contributed by atoms with Gasteiger partial charge in [0.2, 0.25) is 11.8 Å². The van der Waals surface area contributed by atoms with Gasteiger partial charge < -0.3 is 15.4 Å². The van der Waals surface area contributed by atoms with E-state index in [4.69, 9.17) is 4.74 Å². The van der Waals surface area contributed by atoms with Crippen LogP contribution in [0.3, 0.4) is 0 Å². The fraction of sp³-hybridized carbons (Fsp3) is 0.385. The van der Waals surface area contributed by atoms with Gasteiger partial charge in [-0.3, -0.25) is 9.59 Å². The monoisotopic (exact) mass is 250 g/mol. The van der Waals surface area contributed by atoms with Crippen LogP contribution in [0.15, 0.2) is 18.2 Å². The van der Waals surface area contributed by atoms with Gasteiger partial charge in [-0.2, -0.15) is 0 Å². The third-order valence-electron chi connectivity index (χ3n) is 2.26. The highest BCUT2D eigenvalue weighted by Gasteiger charge is 2.05. The predicted octanol–water partition coefficient (Wildman–Crippen LogP) is 1.93. The van der Waals surface area contributed by atoms with E-state index in [0.29, 0.717) is 12.3 Å². The van der Waals surface area contributed by atoms with Crippen LogP contribution in [-0.2, 0) is 14.3 Å². The summed E-state index contributed by atoms with van der Waals surface area (Å²) >= 11 is 0. The van der Waals surface area contributed by atoms with Crippen LogP contribution in [0, 0.1) is 6.92 Å². The summed E-state index contributed by atoms with van der Waals surface area (Å²) in [6.45, 7) is 5.71. The Morgan fingerprint density at radius 1 is 1.28 bits per heavy atom. The standard InChI is InChI=1S/C13H18N2O3/c1-4-18-8-13(17)15-11-5-6-12(9(2)7-11)14-10(3)16/h5-7H,4,8H2,1-3H3,(H,14,16)(H,15,17). The van der Waals surface area contributed by atoms with Gasteiger partial charge in [0, 0.05) is 24.9 Å². The lowest BCUT2D eigenvalue weighted by atomic mass is 10.1. The first-order chi connectivity index (χ1) is 8.52. The second kappa shape index (κ2) is 6.76. The van der Waals surface area contributed by atoms with Gasteiger partial charge in [-0.15, -0.1) is 0 Å². The first-order valence-electron chi connectivity index (χ1n) is 5.78. The maximum atomic E-state index is 11.4. The maximum Gasteiger partial charge on any atom is 0.250 e. The number of amides is 2. The molecule has 0 aliphatic rings. The van der Waals surface area contributed by atoms with Crippen molar-refractivity contribution >= 4 is 23.2 Å². The molecule has 0 saturated heterocycles. The molecule has 18 heavy (non-hydrogen) atoms. The van der Waals surface area contributed by atoms with Crippen LogP contribution in [0.4, 0.5) is 11.4 Å². The summed E-state index contributed by atoms with van der Waals surface area (Å²) < 4.78 is 5.01. The molecule has 0 bridgehead atoms. The van der Waals surface area contributed by atoms with Crippen LogP contribution in [0.5, 0.6) is 0 Å². The van der Waals surface area contributed by atoms with E-state index in [-0.39, 0.29) is 18.4 Å². The van der Waals surface area contributed by atoms with E-state index < -0.39 is 0 Å². The minimum Gasteiger partial charge on any atom is -0.372 e. The number of hydrogen-bond donors (Lipinski definition) is 2. The van der Waals surface area contributed by atoms with Gasteiger partial charge in [0.05, 0.1) is 0 Å². The average molecular weight is 250 g/mol. The molecule has 5 heteroatoms. The maximum absolute atomic E-state index is 11.4. The third-order valence-corrected chi connectivity index (χ3v) is 2.26. The molecule has 1 rings (SSSR count). The number of aryl methyl sites for hydroxylation is 1. The van der Waals surface area contributed by atoms with Crippen molar-refractivity contribution in [3.8, 4) is 0 Å². The lowest BCUT2D eigenvalue weighted by Gasteiger charge is -2.10. The molecule has 0 aliphatic heterocycles. The van der Waals surface area contributed by atoms with E-state index in [1.165, 1.54) is 6.92 Å². The SMILES string of the molecule is CCOCC(=O)Nc1ccc(NC(C)=O)c(C)c1. The lowest BCUT2D eigenvalue weighted by Crippen LogP contribution is -2.18. The summed E-state index contributed by atoms with van der Waals surface area (Å²) in [4.78, 5) is 22.4. The Kier molecular flexibility index (Phi) is 5.32. The quantitative estimate of drug-likeness (QED) is 0.839. The first kappa shape index (κ1) is 14.2. The smallest absolute Gasteiger partial charge is 0.250 e. The van der Waals surface area contributed by atoms with E-state index >= 15 is 0 Å². The summed E-state index contributed by atoms with van der Waals surface area (Å²) in [7, 11) is 0. The van der Waals surface area contributed by atoms with Crippen LogP contribution in [0.2, 0.25) is 0 Å². The molecule has 2 N–H and O–H groups in total. The zero-order valence-corrected chi connectivity index (χ0v) is 10.9. The molecule has 0 atom stereocenters. The summed E-state index contributed by atoms with van der Waals surface area (Å²) in [6.07, 6.45) is 0. The van der Waals surface area contributed by atoms with Crippen LogP contribution in [0.1, 0.15) is 19.4 Å². The molecule has 0 aliphatic carbocycles. The van der Waals surface area contributed by atoms with Crippen LogP contribution < -0.4 is 10.6 Å². The van der Waals surface area contributed by atoms with Crippen LogP contribution in [0.25, 0.3) is 0 Å². The lowest BCUT2D eigenvalue weighted by molar-refractivity contribution is -0.120. The number of anilines is 2. The zero-order valence-electron chi connectivity index (χ0n) is 10.9. The number of carbonyl (C=O) groups excluding carboxylic acids is 2. The highest BCUT2D eigenvalue weighted by atomic mass is 16.5. The molecule has 0 aromatic heterocycles. The van der Waals surface area contributed by atoms with Crippen molar-refractivity contribution in [2.24, 2.45) is 0 Å². The predicted molar refractivity (Wildman–Crippen MR) is 70.6 cm³/mol. The summed E-state index contributed by atoms with van der Waals surface area (Å²) in [5.74, 6) is -0.310. The Balaban J connectivity index is 2.66. The van der Waals surface area contributed by atoms with Crippen molar-refractivity contribution in [2.45, 2.75) is 20.8 Å². The van der Waals surface area contributed by atoms with E-state index in [9.17, 15) is 9.59 Å². The molecular weight excluding hydrogens is 232 g/mol. The van der Waals surface area contributed by atoms with Gasteiger partial charge in [0.25, 0.3) is 0 Å². The number of ether oxygens (including phenoxy) is 1.